The number of aromatic nitrogens is 2. The van der Waals surface area contributed by atoms with E-state index in [0.29, 0.717) is 16.6 Å². The first kappa shape index (κ1) is 18.9. The number of nitrogens with one attached hydrogen (secondary N) is 1. The van der Waals surface area contributed by atoms with Crippen molar-refractivity contribution in [3.8, 4) is 0 Å². The summed E-state index contributed by atoms with van der Waals surface area (Å²) in [4.78, 5) is 25.4. The first-order valence-electron chi connectivity index (χ1n) is 9.01. The van der Waals surface area contributed by atoms with Gasteiger partial charge in [-0.1, -0.05) is 19.1 Å². The number of benzene rings is 2. The Morgan fingerprint density at radius 1 is 1.11 bits per heavy atom. The zero-order valence-corrected chi connectivity index (χ0v) is 16.0. The molecule has 0 aliphatic heterocycles. The Balaban J connectivity index is 1.98. The molecule has 3 rings (SSSR count). The maximum absolute atomic E-state index is 13.8. The van der Waals surface area contributed by atoms with Gasteiger partial charge < -0.3 is 5.32 Å². The number of amides is 1. The van der Waals surface area contributed by atoms with E-state index in [2.05, 4.69) is 12.2 Å². The van der Waals surface area contributed by atoms with Gasteiger partial charge in [-0.25, -0.2) is 9.07 Å². The van der Waals surface area contributed by atoms with Crippen molar-refractivity contribution in [3.63, 3.8) is 0 Å². The molecule has 5 nitrogen and oxygen atoms in total. The fraction of sp³-hybridized carbons (Fsp3) is 0.333. The van der Waals surface area contributed by atoms with Gasteiger partial charge in [0.15, 0.2) is 0 Å². The number of halogens is 1. The van der Waals surface area contributed by atoms with Crippen LogP contribution < -0.4 is 10.9 Å². The van der Waals surface area contributed by atoms with Crippen LogP contribution in [-0.4, -0.2) is 15.3 Å². The van der Waals surface area contributed by atoms with Crippen molar-refractivity contribution in [2.75, 3.05) is 5.32 Å². The second-order valence-electron chi connectivity index (χ2n) is 7.61. The summed E-state index contributed by atoms with van der Waals surface area (Å²) >= 11 is 0. The van der Waals surface area contributed by atoms with Crippen LogP contribution in [0.5, 0.6) is 0 Å². The summed E-state index contributed by atoms with van der Waals surface area (Å²) in [5.41, 5.74) is 1.48. The molecule has 6 heteroatoms. The summed E-state index contributed by atoms with van der Waals surface area (Å²) in [5, 5.41) is 3.23. The largest absolute Gasteiger partial charge is 0.324 e. The highest BCUT2D eigenvalue weighted by molar-refractivity contribution is 5.91. The van der Waals surface area contributed by atoms with Gasteiger partial charge in [0, 0.05) is 5.69 Å². The molecule has 0 saturated heterocycles. The second kappa shape index (κ2) is 7.02. The third kappa shape index (κ3) is 3.79. The normalized spacial score (nSPS) is 11.7. The van der Waals surface area contributed by atoms with Gasteiger partial charge in [0.05, 0.1) is 16.4 Å². The van der Waals surface area contributed by atoms with E-state index in [1.807, 2.05) is 45.0 Å². The molecule has 2 aromatic carbocycles. The molecule has 27 heavy (non-hydrogen) atoms. The Labute approximate surface area is 157 Å². The highest BCUT2D eigenvalue weighted by Crippen LogP contribution is 2.20. The lowest BCUT2D eigenvalue weighted by Crippen LogP contribution is -2.38. The van der Waals surface area contributed by atoms with Crippen LogP contribution in [0.25, 0.3) is 10.9 Å². The van der Waals surface area contributed by atoms with Crippen LogP contribution in [0.1, 0.15) is 33.3 Å². The van der Waals surface area contributed by atoms with Crippen LogP contribution in [0.3, 0.4) is 0 Å². The lowest BCUT2D eigenvalue weighted by atomic mass is 10.1. The SMILES string of the molecule is CCc1ccc(NC(=O)Cn2c3cc(F)ccc3c(=O)n2C(C)(C)C)cc1. The molecule has 0 atom stereocenters. The maximum atomic E-state index is 13.8. The average molecular weight is 369 g/mol. The molecule has 0 fully saturated rings. The van der Waals surface area contributed by atoms with E-state index >= 15 is 0 Å². The van der Waals surface area contributed by atoms with Gasteiger partial charge in [-0.15, -0.1) is 0 Å². The summed E-state index contributed by atoms with van der Waals surface area (Å²) in [7, 11) is 0. The molecule has 1 N–H and O–H groups in total. The van der Waals surface area contributed by atoms with E-state index in [0.717, 1.165) is 6.42 Å². The summed E-state index contributed by atoms with van der Waals surface area (Å²) in [6.07, 6.45) is 0.924. The molecule has 0 radical (unpaired) electrons. The molecule has 1 amide bonds. The Bertz CT molecular complexity index is 1040. The van der Waals surface area contributed by atoms with Crippen molar-refractivity contribution >= 4 is 22.5 Å². The average Bonchev–Trinajstić information content (AvgIpc) is 2.87. The predicted octanol–water partition coefficient (Wildman–Crippen LogP) is 3.90. The summed E-state index contributed by atoms with van der Waals surface area (Å²) in [6.45, 7) is 7.61. The molecule has 0 saturated carbocycles. The molecular formula is C21H24FN3O2. The number of carbonyl (C=O) groups excluding carboxylic acids is 1. The van der Waals surface area contributed by atoms with E-state index in [1.54, 1.807) is 4.68 Å². The number of aryl methyl sites for hydroxylation is 1. The molecule has 0 aliphatic carbocycles. The first-order chi connectivity index (χ1) is 12.7. The van der Waals surface area contributed by atoms with Crippen molar-refractivity contribution in [1.29, 1.82) is 0 Å². The van der Waals surface area contributed by atoms with Gasteiger partial charge in [0.1, 0.15) is 12.4 Å². The Kier molecular flexibility index (Phi) is 4.91. The highest BCUT2D eigenvalue weighted by Gasteiger charge is 2.24. The minimum atomic E-state index is -0.560. The molecule has 1 heterocycles. The van der Waals surface area contributed by atoms with E-state index in [1.165, 1.54) is 28.4 Å². The van der Waals surface area contributed by atoms with Crippen LogP contribution in [0.2, 0.25) is 0 Å². The van der Waals surface area contributed by atoms with Gasteiger partial charge in [-0.05, 0) is 63.1 Å². The number of hydrogen-bond donors (Lipinski definition) is 1. The van der Waals surface area contributed by atoms with Crippen LogP contribution >= 0.6 is 0 Å². The predicted molar refractivity (Wildman–Crippen MR) is 106 cm³/mol. The lowest BCUT2D eigenvalue weighted by molar-refractivity contribution is -0.117. The van der Waals surface area contributed by atoms with Gasteiger partial charge >= 0.3 is 0 Å². The number of hydrogen-bond acceptors (Lipinski definition) is 2. The monoisotopic (exact) mass is 369 g/mol. The standard InChI is InChI=1S/C21H24FN3O2/c1-5-14-6-9-16(10-7-14)23-19(26)13-24-18-12-15(22)8-11-17(18)20(27)25(24)21(2,3)4/h6-12H,5,13H2,1-4H3,(H,23,26). The molecule has 0 unspecified atom stereocenters. The van der Waals surface area contributed by atoms with Gasteiger partial charge in [-0.3, -0.25) is 14.3 Å². The van der Waals surface area contributed by atoms with Crippen molar-refractivity contribution in [3.05, 3.63) is 64.2 Å². The minimum absolute atomic E-state index is 0.0883. The van der Waals surface area contributed by atoms with Gasteiger partial charge in [-0.2, -0.15) is 0 Å². The molecule has 0 bridgehead atoms. The summed E-state index contributed by atoms with van der Waals surface area (Å²) in [6, 6.07) is 11.6. The van der Waals surface area contributed by atoms with Crippen LogP contribution in [0.15, 0.2) is 47.3 Å². The number of carbonyl (C=O) groups is 1. The van der Waals surface area contributed by atoms with E-state index in [4.69, 9.17) is 0 Å². The maximum Gasteiger partial charge on any atom is 0.275 e. The molecular weight excluding hydrogens is 345 g/mol. The van der Waals surface area contributed by atoms with E-state index in [-0.39, 0.29) is 18.0 Å². The molecule has 3 aromatic rings. The van der Waals surface area contributed by atoms with Crippen molar-refractivity contribution in [2.24, 2.45) is 0 Å². The lowest BCUT2D eigenvalue weighted by Gasteiger charge is -2.24. The van der Waals surface area contributed by atoms with Crippen molar-refractivity contribution in [2.45, 2.75) is 46.2 Å². The molecule has 1 aromatic heterocycles. The van der Waals surface area contributed by atoms with E-state index < -0.39 is 11.4 Å². The fourth-order valence-corrected chi connectivity index (χ4v) is 3.21. The van der Waals surface area contributed by atoms with Gasteiger partial charge in [0.25, 0.3) is 5.56 Å². The van der Waals surface area contributed by atoms with E-state index in [9.17, 15) is 14.0 Å². The third-order valence-electron chi connectivity index (χ3n) is 4.48. The third-order valence-corrected chi connectivity index (χ3v) is 4.48. The van der Waals surface area contributed by atoms with Crippen LogP contribution in [-0.2, 0) is 23.3 Å². The number of anilines is 1. The topological polar surface area (TPSA) is 56.0 Å². The van der Waals surface area contributed by atoms with Crippen LogP contribution in [0.4, 0.5) is 10.1 Å². The summed E-state index contributed by atoms with van der Waals surface area (Å²) < 4.78 is 16.8. The number of nitrogens with zero attached hydrogens (tertiary/aromatic N) is 2. The number of rotatable bonds is 4. The first-order valence-corrected chi connectivity index (χ1v) is 9.01. The van der Waals surface area contributed by atoms with Crippen molar-refractivity contribution < 1.29 is 9.18 Å². The Morgan fingerprint density at radius 2 is 1.78 bits per heavy atom. The quantitative estimate of drug-likeness (QED) is 0.758. The Hall–Kier alpha value is -2.89. The zero-order valence-electron chi connectivity index (χ0n) is 16.0. The zero-order chi connectivity index (χ0) is 19.8. The molecule has 142 valence electrons. The molecule has 0 aliphatic rings. The molecule has 0 spiro atoms. The van der Waals surface area contributed by atoms with Crippen molar-refractivity contribution in [1.82, 2.24) is 9.36 Å². The van der Waals surface area contributed by atoms with Gasteiger partial charge in [0.2, 0.25) is 5.91 Å². The Morgan fingerprint density at radius 3 is 2.37 bits per heavy atom. The fourth-order valence-electron chi connectivity index (χ4n) is 3.21. The summed E-state index contributed by atoms with van der Waals surface area (Å²) in [5.74, 6) is -0.726. The smallest absolute Gasteiger partial charge is 0.275 e. The second-order valence-corrected chi connectivity index (χ2v) is 7.61. The number of fused-ring (bicyclic) bond motifs is 1. The highest BCUT2D eigenvalue weighted by atomic mass is 19.1. The minimum Gasteiger partial charge on any atom is -0.324 e. The van der Waals surface area contributed by atoms with Crippen LogP contribution in [0, 0.1) is 5.82 Å².